The third-order valence-corrected chi connectivity index (χ3v) is 4.51. The van der Waals surface area contributed by atoms with Crippen molar-refractivity contribution in [2.45, 2.75) is 26.3 Å². The van der Waals surface area contributed by atoms with Crippen molar-refractivity contribution in [2.75, 3.05) is 18.6 Å². The molecule has 0 bridgehead atoms. The SMILES string of the molecule is CNC(CSCC(C)C)Cc1ccsc1. The third-order valence-electron chi connectivity index (χ3n) is 2.24. The smallest absolute Gasteiger partial charge is 0.0195 e. The fourth-order valence-corrected chi connectivity index (χ4v) is 3.24. The fourth-order valence-electron chi connectivity index (χ4n) is 1.38. The molecule has 0 saturated carbocycles. The average molecular weight is 243 g/mol. The molecule has 0 aliphatic carbocycles. The number of rotatable bonds is 7. The van der Waals surface area contributed by atoms with Gasteiger partial charge in [0.1, 0.15) is 0 Å². The maximum Gasteiger partial charge on any atom is 0.0195 e. The number of likely N-dealkylation sites (N-methyl/N-ethyl adjacent to an activating group) is 1. The van der Waals surface area contributed by atoms with Crippen molar-refractivity contribution in [3.8, 4) is 0 Å². The van der Waals surface area contributed by atoms with Crippen LogP contribution in [0.5, 0.6) is 0 Å². The van der Waals surface area contributed by atoms with Crippen molar-refractivity contribution in [3.63, 3.8) is 0 Å². The summed E-state index contributed by atoms with van der Waals surface area (Å²) in [4.78, 5) is 0. The van der Waals surface area contributed by atoms with Gasteiger partial charge in [-0.05, 0) is 47.5 Å². The summed E-state index contributed by atoms with van der Waals surface area (Å²) in [5, 5.41) is 7.80. The van der Waals surface area contributed by atoms with Gasteiger partial charge in [0.15, 0.2) is 0 Å². The summed E-state index contributed by atoms with van der Waals surface area (Å²) < 4.78 is 0. The van der Waals surface area contributed by atoms with Gasteiger partial charge in [-0.1, -0.05) is 13.8 Å². The zero-order valence-electron chi connectivity index (χ0n) is 9.82. The van der Waals surface area contributed by atoms with E-state index in [1.165, 1.54) is 17.1 Å². The molecule has 86 valence electrons. The third kappa shape index (κ3) is 5.59. The highest BCUT2D eigenvalue weighted by atomic mass is 32.2. The molecular formula is C12H21NS2. The van der Waals surface area contributed by atoms with Gasteiger partial charge in [-0.2, -0.15) is 23.1 Å². The molecule has 1 nitrogen and oxygen atoms in total. The van der Waals surface area contributed by atoms with Crippen molar-refractivity contribution in [3.05, 3.63) is 22.4 Å². The Morgan fingerprint density at radius 1 is 1.40 bits per heavy atom. The van der Waals surface area contributed by atoms with Crippen molar-refractivity contribution in [1.82, 2.24) is 5.32 Å². The molecule has 0 amide bonds. The average Bonchev–Trinajstić information content (AvgIpc) is 2.68. The summed E-state index contributed by atoms with van der Waals surface area (Å²) in [7, 11) is 2.06. The van der Waals surface area contributed by atoms with E-state index < -0.39 is 0 Å². The largest absolute Gasteiger partial charge is 0.316 e. The molecule has 1 heterocycles. The highest BCUT2D eigenvalue weighted by Gasteiger charge is 2.07. The molecule has 1 unspecified atom stereocenters. The lowest BCUT2D eigenvalue weighted by Crippen LogP contribution is -2.30. The second kappa shape index (κ2) is 7.31. The van der Waals surface area contributed by atoms with E-state index in [-0.39, 0.29) is 0 Å². The van der Waals surface area contributed by atoms with Crippen LogP contribution in [0.1, 0.15) is 19.4 Å². The van der Waals surface area contributed by atoms with E-state index in [9.17, 15) is 0 Å². The molecule has 0 radical (unpaired) electrons. The standard InChI is InChI=1S/C12H21NS2/c1-10(2)7-15-9-12(13-3)6-11-4-5-14-8-11/h4-5,8,10,12-13H,6-7,9H2,1-3H3. The molecule has 1 aromatic heterocycles. The Morgan fingerprint density at radius 2 is 2.20 bits per heavy atom. The first-order chi connectivity index (χ1) is 7.22. The van der Waals surface area contributed by atoms with E-state index in [0.29, 0.717) is 6.04 Å². The van der Waals surface area contributed by atoms with Crippen molar-refractivity contribution in [2.24, 2.45) is 5.92 Å². The number of nitrogens with one attached hydrogen (secondary N) is 1. The van der Waals surface area contributed by atoms with Gasteiger partial charge in [0.2, 0.25) is 0 Å². The van der Waals surface area contributed by atoms with Crippen LogP contribution in [0.15, 0.2) is 16.8 Å². The van der Waals surface area contributed by atoms with Crippen LogP contribution < -0.4 is 5.32 Å². The number of thiophene rings is 1. The molecule has 0 aliphatic heterocycles. The van der Waals surface area contributed by atoms with Crippen LogP contribution in [-0.4, -0.2) is 24.6 Å². The summed E-state index contributed by atoms with van der Waals surface area (Å²) in [5.74, 6) is 3.28. The molecule has 1 atom stereocenters. The lowest BCUT2D eigenvalue weighted by atomic mass is 10.1. The minimum atomic E-state index is 0.614. The molecular weight excluding hydrogens is 222 g/mol. The molecule has 1 aromatic rings. The summed E-state index contributed by atoms with van der Waals surface area (Å²) in [6.07, 6.45) is 1.16. The van der Waals surface area contributed by atoms with Gasteiger partial charge >= 0.3 is 0 Å². The van der Waals surface area contributed by atoms with E-state index in [1.807, 2.05) is 0 Å². The maximum atomic E-state index is 3.40. The first-order valence-corrected chi connectivity index (χ1v) is 7.58. The highest BCUT2D eigenvalue weighted by Crippen LogP contribution is 2.13. The Bertz CT molecular complexity index is 244. The summed E-state index contributed by atoms with van der Waals surface area (Å²) >= 11 is 3.84. The second-order valence-corrected chi connectivity index (χ2v) is 6.11. The van der Waals surface area contributed by atoms with Crippen LogP contribution in [0.25, 0.3) is 0 Å². The van der Waals surface area contributed by atoms with E-state index in [2.05, 4.69) is 54.8 Å². The van der Waals surface area contributed by atoms with Gasteiger partial charge in [0.25, 0.3) is 0 Å². The number of hydrogen-bond acceptors (Lipinski definition) is 3. The quantitative estimate of drug-likeness (QED) is 0.789. The predicted octanol–water partition coefficient (Wildman–Crippen LogP) is 3.27. The van der Waals surface area contributed by atoms with Gasteiger partial charge in [-0.25, -0.2) is 0 Å². The van der Waals surface area contributed by atoms with Gasteiger partial charge in [-0.3, -0.25) is 0 Å². The summed E-state index contributed by atoms with van der Waals surface area (Å²) in [5.41, 5.74) is 1.46. The van der Waals surface area contributed by atoms with Gasteiger partial charge in [-0.15, -0.1) is 0 Å². The monoisotopic (exact) mass is 243 g/mol. The Labute approximate surface area is 102 Å². The highest BCUT2D eigenvalue weighted by molar-refractivity contribution is 7.99. The van der Waals surface area contributed by atoms with Gasteiger partial charge in [0, 0.05) is 11.8 Å². The van der Waals surface area contributed by atoms with Crippen LogP contribution in [0, 0.1) is 5.92 Å². The van der Waals surface area contributed by atoms with Crippen LogP contribution in [-0.2, 0) is 6.42 Å². The minimum Gasteiger partial charge on any atom is -0.316 e. The molecule has 0 fully saturated rings. The molecule has 0 aliphatic rings. The predicted molar refractivity (Wildman–Crippen MR) is 73.0 cm³/mol. The molecule has 0 aromatic carbocycles. The van der Waals surface area contributed by atoms with Crippen LogP contribution in [0.2, 0.25) is 0 Å². The van der Waals surface area contributed by atoms with Crippen molar-refractivity contribution in [1.29, 1.82) is 0 Å². The fraction of sp³-hybridized carbons (Fsp3) is 0.667. The number of thioether (sulfide) groups is 1. The summed E-state index contributed by atoms with van der Waals surface area (Å²) in [6.45, 7) is 4.56. The molecule has 3 heteroatoms. The molecule has 1 rings (SSSR count). The molecule has 0 saturated heterocycles. The zero-order chi connectivity index (χ0) is 11.1. The zero-order valence-corrected chi connectivity index (χ0v) is 11.5. The first-order valence-electron chi connectivity index (χ1n) is 5.48. The van der Waals surface area contributed by atoms with E-state index in [1.54, 1.807) is 11.3 Å². The van der Waals surface area contributed by atoms with Crippen molar-refractivity contribution < 1.29 is 0 Å². The van der Waals surface area contributed by atoms with Gasteiger partial charge < -0.3 is 5.32 Å². The van der Waals surface area contributed by atoms with Crippen LogP contribution in [0.3, 0.4) is 0 Å². The lowest BCUT2D eigenvalue weighted by Gasteiger charge is -2.15. The Balaban J connectivity index is 2.24. The Morgan fingerprint density at radius 3 is 2.73 bits per heavy atom. The van der Waals surface area contributed by atoms with Gasteiger partial charge in [0.05, 0.1) is 0 Å². The Kier molecular flexibility index (Phi) is 6.37. The maximum absolute atomic E-state index is 3.40. The minimum absolute atomic E-state index is 0.614. The summed E-state index contributed by atoms with van der Waals surface area (Å²) in [6, 6.07) is 2.84. The molecule has 0 spiro atoms. The van der Waals surface area contributed by atoms with E-state index in [4.69, 9.17) is 0 Å². The normalized spacial score (nSPS) is 13.3. The topological polar surface area (TPSA) is 12.0 Å². The van der Waals surface area contributed by atoms with Crippen LogP contribution in [0.4, 0.5) is 0 Å². The van der Waals surface area contributed by atoms with Crippen molar-refractivity contribution >= 4 is 23.1 Å². The van der Waals surface area contributed by atoms with Crippen LogP contribution >= 0.6 is 23.1 Å². The van der Waals surface area contributed by atoms with E-state index in [0.717, 1.165) is 12.3 Å². The van der Waals surface area contributed by atoms with E-state index >= 15 is 0 Å². The molecule has 1 N–H and O–H groups in total. The molecule has 15 heavy (non-hydrogen) atoms. The number of hydrogen-bond donors (Lipinski definition) is 1. The first kappa shape index (κ1) is 13.1. The Hall–Kier alpha value is 0.01000. The second-order valence-electron chi connectivity index (χ2n) is 4.25. The lowest BCUT2D eigenvalue weighted by molar-refractivity contribution is 0.616.